The number of anilines is 3. The van der Waals surface area contributed by atoms with Gasteiger partial charge in [0.1, 0.15) is 11.6 Å². The summed E-state index contributed by atoms with van der Waals surface area (Å²) in [5.74, 6) is 0.00815. The van der Waals surface area contributed by atoms with Crippen LogP contribution < -0.4 is 31.9 Å². The SMILES string of the molecule is CCN(C(=O)CNc1cc(Cl)ccc1OC)c1c(N)n(Cc2ccccc2)c(=O)[nH]c1=O. The number of hydrogen-bond acceptors (Lipinski definition) is 6. The van der Waals surface area contributed by atoms with Gasteiger partial charge in [-0.2, -0.15) is 0 Å². The predicted octanol–water partition coefficient (Wildman–Crippen LogP) is 2.29. The van der Waals surface area contributed by atoms with Gasteiger partial charge in [-0.25, -0.2) is 4.79 Å². The van der Waals surface area contributed by atoms with Crippen molar-refractivity contribution in [1.82, 2.24) is 9.55 Å². The fraction of sp³-hybridized carbons (Fsp3) is 0.227. The number of halogens is 1. The Morgan fingerprint density at radius 2 is 1.94 bits per heavy atom. The van der Waals surface area contributed by atoms with Gasteiger partial charge in [-0.15, -0.1) is 0 Å². The Kier molecular flexibility index (Phi) is 7.21. The lowest BCUT2D eigenvalue weighted by atomic mass is 10.2. The Hall–Kier alpha value is -3.72. The van der Waals surface area contributed by atoms with Crippen LogP contribution in [0, 0.1) is 0 Å². The lowest BCUT2D eigenvalue weighted by Crippen LogP contribution is -2.43. The van der Waals surface area contributed by atoms with Crippen LogP contribution in [0.3, 0.4) is 0 Å². The van der Waals surface area contributed by atoms with Gasteiger partial charge in [-0.05, 0) is 30.7 Å². The molecule has 1 amide bonds. The molecule has 0 radical (unpaired) electrons. The third kappa shape index (κ3) is 4.94. The van der Waals surface area contributed by atoms with Crippen LogP contribution in [0.5, 0.6) is 5.75 Å². The van der Waals surface area contributed by atoms with Crippen LogP contribution in [-0.4, -0.2) is 35.7 Å². The van der Waals surface area contributed by atoms with Crippen molar-refractivity contribution < 1.29 is 9.53 Å². The van der Waals surface area contributed by atoms with Crippen LogP contribution in [0.25, 0.3) is 0 Å². The molecule has 32 heavy (non-hydrogen) atoms. The molecule has 9 nitrogen and oxygen atoms in total. The maximum atomic E-state index is 13.0. The number of rotatable bonds is 8. The second-order valence-electron chi connectivity index (χ2n) is 6.90. The molecule has 0 saturated heterocycles. The smallest absolute Gasteiger partial charge is 0.330 e. The zero-order valence-corrected chi connectivity index (χ0v) is 18.5. The summed E-state index contributed by atoms with van der Waals surface area (Å²) in [7, 11) is 1.50. The first kappa shape index (κ1) is 23.0. The number of aromatic nitrogens is 2. The highest BCUT2D eigenvalue weighted by atomic mass is 35.5. The van der Waals surface area contributed by atoms with Crippen molar-refractivity contribution >= 4 is 34.7 Å². The van der Waals surface area contributed by atoms with Crippen LogP contribution in [0.15, 0.2) is 58.1 Å². The number of nitrogens with zero attached hydrogens (tertiary/aromatic N) is 2. The minimum atomic E-state index is -0.729. The molecule has 3 rings (SSSR count). The number of aromatic amines is 1. The highest BCUT2D eigenvalue weighted by Crippen LogP contribution is 2.27. The van der Waals surface area contributed by atoms with E-state index in [2.05, 4.69) is 10.3 Å². The molecule has 0 atom stereocenters. The number of nitrogen functional groups attached to an aromatic ring is 1. The number of likely N-dealkylation sites (N-methyl/N-ethyl adjacent to an activating group) is 1. The van der Waals surface area contributed by atoms with Gasteiger partial charge >= 0.3 is 5.69 Å². The van der Waals surface area contributed by atoms with Gasteiger partial charge in [0.2, 0.25) is 5.91 Å². The Balaban J connectivity index is 1.90. The van der Waals surface area contributed by atoms with Gasteiger partial charge in [0.25, 0.3) is 5.56 Å². The van der Waals surface area contributed by atoms with E-state index < -0.39 is 17.2 Å². The summed E-state index contributed by atoms with van der Waals surface area (Å²) in [6.07, 6.45) is 0. The maximum absolute atomic E-state index is 13.0. The molecule has 4 N–H and O–H groups in total. The Morgan fingerprint density at radius 3 is 2.59 bits per heavy atom. The van der Waals surface area contributed by atoms with Gasteiger partial charge in [0, 0.05) is 11.6 Å². The van der Waals surface area contributed by atoms with E-state index in [4.69, 9.17) is 22.1 Å². The summed E-state index contributed by atoms with van der Waals surface area (Å²) in [5.41, 5.74) is 6.11. The lowest BCUT2D eigenvalue weighted by Gasteiger charge is -2.23. The molecule has 1 heterocycles. The zero-order chi connectivity index (χ0) is 23.3. The molecule has 10 heteroatoms. The summed E-state index contributed by atoms with van der Waals surface area (Å²) in [6.45, 7) is 1.88. The minimum Gasteiger partial charge on any atom is -0.495 e. The van der Waals surface area contributed by atoms with E-state index in [1.165, 1.54) is 16.6 Å². The fourth-order valence-electron chi connectivity index (χ4n) is 3.30. The van der Waals surface area contributed by atoms with Crippen molar-refractivity contribution in [2.24, 2.45) is 0 Å². The standard InChI is InChI=1S/C22H24ClN5O4/c1-3-27(18(29)12-25-16-11-15(23)9-10-17(16)32-2)19-20(24)28(22(31)26-21(19)30)13-14-7-5-4-6-8-14/h4-11,25H,3,12-13,24H2,1-2H3,(H,26,30,31). The van der Waals surface area contributed by atoms with E-state index in [9.17, 15) is 14.4 Å². The second-order valence-corrected chi connectivity index (χ2v) is 7.34. The quantitative estimate of drug-likeness (QED) is 0.477. The summed E-state index contributed by atoms with van der Waals surface area (Å²) in [4.78, 5) is 41.5. The van der Waals surface area contributed by atoms with Crippen LogP contribution in [0.4, 0.5) is 17.2 Å². The van der Waals surface area contributed by atoms with Crippen molar-refractivity contribution in [3.8, 4) is 5.75 Å². The van der Waals surface area contributed by atoms with Crippen molar-refractivity contribution in [2.45, 2.75) is 13.5 Å². The van der Waals surface area contributed by atoms with E-state index in [0.29, 0.717) is 16.5 Å². The van der Waals surface area contributed by atoms with Crippen molar-refractivity contribution in [2.75, 3.05) is 36.1 Å². The Labute approximate surface area is 189 Å². The van der Waals surface area contributed by atoms with E-state index >= 15 is 0 Å². The van der Waals surface area contributed by atoms with E-state index in [1.54, 1.807) is 25.1 Å². The molecule has 0 aliphatic rings. The topological polar surface area (TPSA) is 122 Å². The number of hydrogen-bond donors (Lipinski definition) is 3. The number of ether oxygens (including phenoxy) is 1. The first-order valence-corrected chi connectivity index (χ1v) is 10.3. The number of carbonyl (C=O) groups excluding carboxylic acids is 1. The van der Waals surface area contributed by atoms with Crippen molar-refractivity contribution in [3.63, 3.8) is 0 Å². The highest BCUT2D eigenvalue weighted by molar-refractivity contribution is 6.31. The Bertz CT molecular complexity index is 1220. The molecule has 3 aromatic rings. The molecule has 0 bridgehead atoms. The predicted molar refractivity (Wildman–Crippen MR) is 126 cm³/mol. The molecule has 0 unspecified atom stereocenters. The number of methoxy groups -OCH3 is 1. The monoisotopic (exact) mass is 457 g/mol. The first-order chi connectivity index (χ1) is 15.3. The van der Waals surface area contributed by atoms with Crippen molar-refractivity contribution in [1.29, 1.82) is 0 Å². The number of amides is 1. The average molecular weight is 458 g/mol. The maximum Gasteiger partial charge on any atom is 0.330 e. The summed E-state index contributed by atoms with van der Waals surface area (Å²) < 4.78 is 6.50. The molecule has 0 aliphatic carbocycles. The van der Waals surface area contributed by atoms with Crippen LogP contribution in [-0.2, 0) is 11.3 Å². The summed E-state index contributed by atoms with van der Waals surface area (Å²) in [5, 5.41) is 3.45. The number of nitrogens with one attached hydrogen (secondary N) is 2. The largest absolute Gasteiger partial charge is 0.495 e. The van der Waals surface area contributed by atoms with Crippen molar-refractivity contribution in [3.05, 3.63) is 80.0 Å². The van der Waals surface area contributed by atoms with E-state index in [-0.39, 0.29) is 31.1 Å². The molecule has 0 spiro atoms. The fourth-order valence-corrected chi connectivity index (χ4v) is 3.48. The van der Waals surface area contributed by atoms with Crippen LogP contribution >= 0.6 is 11.6 Å². The zero-order valence-electron chi connectivity index (χ0n) is 17.7. The number of carbonyl (C=O) groups is 1. The molecule has 168 valence electrons. The van der Waals surface area contributed by atoms with Crippen LogP contribution in [0.1, 0.15) is 12.5 Å². The first-order valence-electron chi connectivity index (χ1n) is 9.90. The molecule has 2 aromatic carbocycles. The molecular formula is C22H24ClN5O4. The molecule has 0 saturated carbocycles. The molecule has 0 aliphatic heterocycles. The summed E-state index contributed by atoms with van der Waals surface area (Å²) >= 11 is 6.03. The van der Waals surface area contributed by atoms with Gasteiger partial charge in [0.05, 0.1) is 25.9 Å². The van der Waals surface area contributed by atoms with Gasteiger partial charge in [-0.1, -0.05) is 41.9 Å². The minimum absolute atomic E-state index is 0.0760. The molecule has 0 fully saturated rings. The van der Waals surface area contributed by atoms with Gasteiger partial charge < -0.3 is 20.7 Å². The third-order valence-electron chi connectivity index (χ3n) is 4.88. The number of nitrogens with two attached hydrogens (primary N) is 1. The molecule has 1 aromatic heterocycles. The molecular weight excluding hydrogens is 434 g/mol. The van der Waals surface area contributed by atoms with Gasteiger partial charge in [0.15, 0.2) is 5.69 Å². The highest BCUT2D eigenvalue weighted by Gasteiger charge is 2.23. The van der Waals surface area contributed by atoms with Gasteiger partial charge in [-0.3, -0.25) is 19.1 Å². The average Bonchev–Trinajstić information content (AvgIpc) is 2.78. The van der Waals surface area contributed by atoms with E-state index in [1.807, 2.05) is 30.3 Å². The summed E-state index contributed by atoms with van der Waals surface area (Å²) in [6, 6.07) is 14.2. The third-order valence-corrected chi connectivity index (χ3v) is 5.11. The number of benzene rings is 2. The Morgan fingerprint density at radius 1 is 1.22 bits per heavy atom. The van der Waals surface area contributed by atoms with E-state index in [0.717, 1.165) is 5.56 Å². The second kappa shape index (κ2) is 10.1. The lowest BCUT2D eigenvalue weighted by molar-refractivity contribution is -0.116. The van der Waals surface area contributed by atoms with Crippen LogP contribution in [0.2, 0.25) is 5.02 Å². The number of H-pyrrole nitrogens is 1. The normalized spacial score (nSPS) is 10.6.